The van der Waals surface area contributed by atoms with Crippen molar-refractivity contribution in [2.75, 3.05) is 11.9 Å². The number of ether oxygens (including phenoxy) is 1. The number of para-hydroxylation sites is 2. The van der Waals surface area contributed by atoms with Crippen molar-refractivity contribution in [3.8, 4) is 5.69 Å². The van der Waals surface area contributed by atoms with Crippen molar-refractivity contribution >= 4 is 11.7 Å². The van der Waals surface area contributed by atoms with Gasteiger partial charge in [-0.3, -0.25) is 4.57 Å². The summed E-state index contributed by atoms with van der Waals surface area (Å²) in [4.78, 5) is 16.3. The summed E-state index contributed by atoms with van der Waals surface area (Å²) in [6.45, 7) is 6.19. The van der Waals surface area contributed by atoms with Crippen molar-refractivity contribution in [3.05, 3.63) is 42.0 Å². The summed E-state index contributed by atoms with van der Waals surface area (Å²) in [5.41, 5.74) is 2.82. The normalized spacial score (nSPS) is 14.9. The molecule has 1 N–H and O–H groups in total. The molecule has 0 atom stereocenters. The largest absolute Gasteiger partial charge is 0.461 e. The fraction of sp³-hybridized carbons (Fsp3) is 0.333. The molecule has 2 heterocycles. The van der Waals surface area contributed by atoms with E-state index in [2.05, 4.69) is 10.3 Å². The highest BCUT2D eigenvalue weighted by Gasteiger charge is 2.36. The second-order valence-electron chi connectivity index (χ2n) is 5.30. The van der Waals surface area contributed by atoms with Gasteiger partial charge in [-0.25, -0.2) is 9.78 Å². The average Bonchev–Trinajstić information content (AvgIpc) is 2.85. The number of anilines is 1. The van der Waals surface area contributed by atoms with Crippen molar-refractivity contribution in [2.24, 2.45) is 0 Å². The fourth-order valence-electron chi connectivity index (χ4n) is 2.66. The lowest BCUT2D eigenvalue weighted by atomic mass is 9.94. The maximum atomic E-state index is 12.1. The highest BCUT2D eigenvalue weighted by molar-refractivity contribution is 5.90. The van der Waals surface area contributed by atoms with E-state index in [-0.39, 0.29) is 5.97 Å². The van der Waals surface area contributed by atoms with Crippen LogP contribution in [-0.4, -0.2) is 22.1 Å². The topological polar surface area (TPSA) is 56.1 Å². The minimum atomic E-state index is -0.396. The van der Waals surface area contributed by atoms with E-state index in [1.165, 1.54) is 0 Å². The maximum Gasteiger partial charge on any atom is 0.358 e. The molecule has 1 aliphatic heterocycles. The van der Waals surface area contributed by atoms with Gasteiger partial charge in [0.25, 0.3) is 0 Å². The lowest BCUT2D eigenvalue weighted by molar-refractivity contribution is 0.0517. The van der Waals surface area contributed by atoms with E-state index >= 15 is 0 Å². The number of rotatable bonds is 2. The third-order valence-electron chi connectivity index (χ3n) is 3.44. The molecule has 0 bridgehead atoms. The van der Waals surface area contributed by atoms with Crippen LogP contribution in [0.25, 0.3) is 5.69 Å². The van der Waals surface area contributed by atoms with Crippen molar-refractivity contribution in [3.63, 3.8) is 0 Å². The van der Waals surface area contributed by atoms with Crippen LogP contribution in [-0.2, 0) is 10.3 Å². The molecular weight excluding hydrogens is 254 g/mol. The Balaban J connectivity index is 2.20. The Morgan fingerprint density at radius 3 is 2.90 bits per heavy atom. The first-order chi connectivity index (χ1) is 9.54. The lowest BCUT2D eigenvalue weighted by Crippen LogP contribution is -2.36. The summed E-state index contributed by atoms with van der Waals surface area (Å²) in [6.07, 6.45) is 1.68. The van der Waals surface area contributed by atoms with Crippen LogP contribution in [0.3, 0.4) is 0 Å². The molecule has 0 saturated heterocycles. The molecule has 0 unspecified atom stereocenters. The maximum absolute atomic E-state index is 12.1. The number of aromatic nitrogens is 2. The van der Waals surface area contributed by atoms with E-state index in [4.69, 9.17) is 4.74 Å². The Bertz CT molecular complexity index is 674. The van der Waals surface area contributed by atoms with E-state index in [9.17, 15) is 4.79 Å². The number of carbonyl (C=O) groups excluding carboxylic acids is 1. The van der Waals surface area contributed by atoms with Gasteiger partial charge in [0.15, 0.2) is 5.69 Å². The molecule has 1 aromatic carbocycles. The number of nitrogens with one attached hydrogen (secondary N) is 1. The number of nitrogens with zero attached hydrogens (tertiary/aromatic N) is 2. The Labute approximate surface area is 117 Å². The first-order valence-corrected chi connectivity index (χ1v) is 6.67. The minimum absolute atomic E-state index is 0.343. The van der Waals surface area contributed by atoms with Crippen LogP contribution in [0.1, 0.15) is 37.0 Å². The zero-order valence-electron chi connectivity index (χ0n) is 11.8. The average molecular weight is 271 g/mol. The molecule has 0 amide bonds. The molecule has 104 valence electrons. The Kier molecular flexibility index (Phi) is 2.78. The van der Waals surface area contributed by atoms with Gasteiger partial charge in [-0.1, -0.05) is 12.1 Å². The van der Waals surface area contributed by atoms with Crippen molar-refractivity contribution in [1.82, 2.24) is 9.55 Å². The molecule has 3 rings (SSSR count). The van der Waals surface area contributed by atoms with Crippen LogP contribution < -0.4 is 5.32 Å². The Hall–Kier alpha value is -2.30. The second kappa shape index (κ2) is 4.37. The zero-order valence-corrected chi connectivity index (χ0v) is 11.8. The number of hydrogen-bond acceptors (Lipinski definition) is 4. The van der Waals surface area contributed by atoms with E-state index < -0.39 is 5.54 Å². The molecule has 5 nitrogen and oxygen atoms in total. The molecule has 20 heavy (non-hydrogen) atoms. The third kappa shape index (κ3) is 1.78. The zero-order chi connectivity index (χ0) is 14.3. The van der Waals surface area contributed by atoms with Gasteiger partial charge in [0.05, 0.1) is 29.2 Å². The van der Waals surface area contributed by atoms with Crippen LogP contribution in [0, 0.1) is 0 Å². The standard InChI is InChI=1S/C15H17N3O2/c1-4-20-14(19)12-13-15(2,3)17-10-7-5-6-8-11(10)18(13)9-16-12/h5-9,17H,4H2,1-3H3. The molecule has 2 aromatic rings. The number of esters is 1. The van der Waals surface area contributed by atoms with E-state index in [1.807, 2.05) is 42.7 Å². The molecule has 0 aliphatic carbocycles. The third-order valence-corrected chi connectivity index (χ3v) is 3.44. The van der Waals surface area contributed by atoms with Gasteiger partial charge in [0.1, 0.15) is 6.33 Å². The quantitative estimate of drug-likeness (QED) is 0.853. The van der Waals surface area contributed by atoms with Gasteiger partial charge >= 0.3 is 5.97 Å². The first kappa shape index (κ1) is 12.7. The predicted octanol–water partition coefficient (Wildman–Crippen LogP) is 2.71. The number of fused-ring (bicyclic) bond motifs is 3. The smallest absolute Gasteiger partial charge is 0.358 e. The number of benzene rings is 1. The van der Waals surface area contributed by atoms with Gasteiger partial charge in [0.2, 0.25) is 0 Å². The Morgan fingerprint density at radius 1 is 1.40 bits per heavy atom. The highest BCUT2D eigenvalue weighted by atomic mass is 16.5. The van der Waals surface area contributed by atoms with Crippen molar-refractivity contribution in [1.29, 1.82) is 0 Å². The number of imidazole rings is 1. The van der Waals surface area contributed by atoms with Crippen LogP contribution in [0.4, 0.5) is 5.69 Å². The molecule has 5 heteroatoms. The summed E-state index contributed by atoms with van der Waals surface area (Å²) < 4.78 is 7.05. The second-order valence-corrected chi connectivity index (χ2v) is 5.30. The molecule has 0 spiro atoms. The monoisotopic (exact) mass is 271 g/mol. The summed E-state index contributed by atoms with van der Waals surface area (Å²) in [5, 5.41) is 3.45. The summed E-state index contributed by atoms with van der Waals surface area (Å²) in [6, 6.07) is 7.96. The summed E-state index contributed by atoms with van der Waals surface area (Å²) in [5.74, 6) is -0.379. The number of carbonyl (C=O) groups is 1. The van der Waals surface area contributed by atoms with Crippen molar-refractivity contribution in [2.45, 2.75) is 26.3 Å². The minimum Gasteiger partial charge on any atom is -0.461 e. The number of hydrogen-bond donors (Lipinski definition) is 1. The molecule has 1 aromatic heterocycles. The highest BCUT2D eigenvalue weighted by Crippen LogP contribution is 2.38. The molecule has 1 aliphatic rings. The van der Waals surface area contributed by atoms with Crippen LogP contribution in [0.15, 0.2) is 30.6 Å². The van der Waals surface area contributed by atoms with E-state index in [0.29, 0.717) is 12.3 Å². The SMILES string of the molecule is CCOC(=O)c1ncn2c1C(C)(C)Nc1ccccc1-2. The van der Waals surface area contributed by atoms with Crippen molar-refractivity contribution < 1.29 is 9.53 Å². The van der Waals surface area contributed by atoms with E-state index in [1.54, 1.807) is 13.3 Å². The predicted molar refractivity (Wildman–Crippen MR) is 76.2 cm³/mol. The van der Waals surface area contributed by atoms with Crippen LogP contribution in [0.2, 0.25) is 0 Å². The van der Waals surface area contributed by atoms with Gasteiger partial charge in [-0.05, 0) is 32.9 Å². The van der Waals surface area contributed by atoms with Gasteiger partial charge in [-0.2, -0.15) is 0 Å². The van der Waals surface area contributed by atoms with Gasteiger partial charge in [0, 0.05) is 0 Å². The summed E-state index contributed by atoms with van der Waals surface area (Å²) >= 11 is 0. The first-order valence-electron chi connectivity index (χ1n) is 6.67. The van der Waals surface area contributed by atoms with E-state index in [0.717, 1.165) is 17.1 Å². The molecule has 0 saturated carbocycles. The van der Waals surface area contributed by atoms with Gasteiger partial charge < -0.3 is 10.1 Å². The van der Waals surface area contributed by atoms with Crippen LogP contribution >= 0.6 is 0 Å². The molecule has 0 radical (unpaired) electrons. The molecule has 0 fully saturated rings. The van der Waals surface area contributed by atoms with Crippen LogP contribution in [0.5, 0.6) is 0 Å². The summed E-state index contributed by atoms with van der Waals surface area (Å²) in [7, 11) is 0. The van der Waals surface area contributed by atoms with Gasteiger partial charge in [-0.15, -0.1) is 0 Å². The fourth-order valence-corrected chi connectivity index (χ4v) is 2.66. The molecular formula is C15H17N3O2. The lowest BCUT2D eigenvalue weighted by Gasteiger charge is -2.35. The Morgan fingerprint density at radius 2 is 2.15 bits per heavy atom.